The number of hydrogen-bond donors (Lipinski definition) is 0. The molecule has 0 spiro atoms. The Labute approximate surface area is 171 Å². The lowest BCUT2D eigenvalue weighted by Gasteiger charge is -2.28. The fourth-order valence-electron chi connectivity index (χ4n) is 4.06. The van der Waals surface area contributed by atoms with E-state index in [1.807, 2.05) is 17.9 Å². The number of nitrogens with zero attached hydrogens (tertiary/aromatic N) is 3. The Bertz CT molecular complexity index is 921. The minimum absolute atomic E-state index is 0.0578. The molecule has 2 saturated heterocycles. The van der Waals surface area contributed by atoms with Gasteiger partial charge in [0.25, 0.3) is 5.91 Å². The number of aliphatic imine (C=N–C) groups is 1. The van der Waals surface area contributed by atoms with Crippen molar-refractivity contribution in [1.29, 1.82) is 0 Å². The lowest BCUT2D eigenvalue weighted by molar-refractivity contribution is -0.118. The van der Waals surface area contributed by atoms with Crippen molar-refractivity contribution in [3.8, 4) is 0 Å². The maximum Gasteiger partial charge on any atom is 0.251 e. The second kappa shape index (κ2) is 7.37. The lowest BCUT2D eigenvalue weighted by atomic mass is 10.1. The quantitative estimate of drug-likeness (QED) is 0.728. The summed E-state index contributed by atoms with van der Waals surface area (Å²) >= 11 is 1.45. The van der Waals surface area contributed by atoms with Crippen molar-refractivity contribution < 1.29 is 13.2 Å². The molecule has 0 unspecified atom stereocenters. The lowest BCUT2D eigenvalue weighted by Crippen LogP contribution is -2.38. The summed E-state index contributed by atoms with van der Waals surface area (Å²) in [5, 5.41) is 0.609. The highest BCUT2D eigenvalue weighted by Crippen LogP contribution is 2.43. The van der Waals surface area contributed by atoms with Gasteiger partial charge in [-0.05, 0) is 57.4 Å². The van der Waals surface area contributed by atoms with E-state index in [0.717, 1.165) is 42.9 Å². The molecule has 1 aromatic rings. The van der Waals surface area contributed by atoms with Crippen LogP contribution in [0.4, 0.5) is 11.4 Å². The highest BCUT2D eigenvalue weighted by Gasteiger charge is 2.50. The van der Waals surface area contributed by atoms with Crippen LogP contribution in [0.3, 0.4) is 0 Å². The number of rotatable bonds is 5. The number of benzene rings is 1. The Balaban J connectivity index is 1.71. The van der Waals surface area contributed by atoms with E-state index in [1.54, 1.807) is 0 Å². The third-order valence-electron chi connectivity index (χ3n) is 5.77. The van der Waals surface area contributed by atoms with E-state index in [2.05, 4.69) is 35.9 Å². The summed E-state index contributed by atoms with van der Waals surface area (Å²) in [5.74, 6) is 0.280. The second-order valence-electron chi connectivity index (χ2n) is 7.82. The van der Waals surface area contributed by atoms with Crippen molar-refractivity contribution in [3.05, 3.63) is 23.8 Å². The molecule has 28 heavy (non-hydrogen) atoms. The molecule has 0 bridgehead atoms. The summed E-state index contributed by atoms with van der Waals surface area (Å²) in [7, 11) is -3.06. The molecular formula is C20H27N3O3S2. The van der Waals surface area contributed by atoms with Crippen LogP contribution in [0.2, 0.25) is 0 Å². The average Bonchev–Trinajstić information content (AvgIpc) is 3.38. The van der Waals surface area contributed by atoms with Gasteiger partial charge in [-0.15, -0.1) is 0 Å². The molecule has 8 heteroatoms. The zero-order chi connectivity index (χ0) is 20.1. The van der Waals surface area contributed by atoms with Gasteiger partial charge in [0.1, 0.15) is 0 Å². The van der Waals surface area contributed by atoms with E-state index in [9.17, 15) is 13.2 Å². The molecule has 1 aromatic carbocycles. The van der Waals surface area contributed by atoms with E-state index in [4.69, 9.17) is 0 Å². The molecule has 1 aliphatic carbocycles. The number of amides is 1. The summed E-state index contributed by atoms with van der Waals surface area (Å²) in [6.45, 7) is 8.17. The summed E-state index contributed by atoms with van der Waals surface area (Å²) in [6, 6.07) is 6.12. The number of carbonyl (C=O) groups excluding carboxylic acids is 1. The third-order valence-corrected chi connectivity index (χ3v) is 8.98. The number of fused-ring (bicyclic) bond motifs is 1. The highest BCUT2D eigenvalue weighted by molar-refractivity contribution is 8.16. The molecule has 0 radical (unpaired) electrons. The summed E-state index contributed by atoms with van der Waals surface area (Å²) in [4.78, 5) is 21.1. The van der Waals surface area contributed by atoms with Crippen LogP contribution in [0, 0.1) is 12.8 Å². The first-order valence-electron chi connectivity index (χ1n) is 9.97. The molecule has 2 heterocycles. The minimum Gasteiger partial charge on any atom is -0.372 e. The maximum absolute atomic E-state index is 12.3. The molecule has 1 saturated carbocycles. The molecule has 2 atom stereocenters. The maximum atomic E-state index is 12.3. The van der Waals surface area contributed by atoms with Crippen LogP contribution in [0.5, 0.6) is 0 Å². The number of aryl methyl sites for hydroxylation is 1. The molecule has 152 valence electrons. The van der Waals surface area contributed by atoms with Gasteiger partial charge in [0.15, 0.2) is 15.0 Å². The zero-order valence-corrected chi connectivity index (χ0v) is 18.2. The molecule has 3 aliphatic rings. The van der Waals surface area contributed by atoms with Gasteiger partial charge in [-0.1, -0.05) is 11.8 Å². The van der Waals surface area contributed by atoms with Crippen LogP contribution in [-0.2, 0) is 14.6 Å². The first-order valence-corrected chi connectivity index (χ1v) is 12.7. The van der Waals surface area contributed by atoms with Gasteiger partial charge in [-0.25, -0.2) is 8.42 Å². The van der Waals surface area contributed by atoms with Crippen molar-refractivity contribution in [3.63, 3.8) is 0 Å². The monoisotopic (exact) mass is 421 g/mol. The van der Waals surface area contributed by atoms with Gasteiger partial charge in [-0.3, -0.25) is 4.79 Å². The van der Waals surface area contributed by atoms with Crippen LogP contribution >= 0.6 is 11.8 Å². The smallest absolute Gasteiger partial charge is 0.251 e. The van der Waals surface area contributed by atoms with Gasteiger partial charge in [0, 0.05) is 35.6 Å². The normalized spacial score (nSPS) is 27.2. The summed E-state index contributed by atoms with van der Waals surface area (Å²) in [6.07, 6.45) is 1.83. The van der Waals surface area contributed by atoms with E-state index < -0.39 is 9.84 Å². The Morgan fingerprint density at radius 1 is 1.25 bits per heavy atom. The second-order valence-corrected chi connectivity index (χ2v) is 11.2. The van der Waals surface area contributed by atoms with Crippen molar-refractivity contribution in [1.82, 2.24) is 0 Å². The van der Waals surface area contributed by atoms with Gasteiger partial charge in [0.2, 0.25) is 0 Å². The molecule has 1 amide bonds. The first-order chi connectivity index (χ1) is 13.3. The van der Waals surface area contributed by atoms with Gasteiger partial charge >= 0.3 is 0 Å². The van der Waals surface area contributed by atoms with Crippen molar-refractivity contribution in [2.45, 2.75) is 44.9 Å². The van der Waals surface area contributed by atoms with Crippen LogP contribution in [0.25, 0.3) is 0 Å². The topological polar surface area (TPSA) is 70.0 Å². The van der Waals surface area contributed by atoms with Gasteiger partial charge in [0.05, 0.1) is 17.5 Å². The molecular weight excluding hydrogens is 394 g/mol. The highest BCUT2D eigenvalue weighted by atomic mass is 32.2. The largest absolute Gasteiger partial charge is 0.372 e. The molecule has 4 rings (SSSR count). The summed E-state index contributed by atoms with van der Waals surface area (Å²) < 4.78 is 24.4. The molecule has 3 fully saturated rings. The fraction of sp³-hybridized carbons (Fsp3) is 0.600. The molecule has 6 nitrogen and oxygen atoms in total. The predicted molar refractivity (Wildman–Crippen MR) is 116 cm³/mol. The number of carbonyl (C=O) groups is 1. The van der Waals surface area contributed by atoms with Crippen molar-refractivity contribution >= 4 is 44.0 Å². The van der Waals surface area contributed by atoms with Crippen LogP contribution in [0.1, 0.15) is 32.3 Å². The number of sulfone groups is 1. The number of anilines is 2. The van der Waals surface area contributed by atoms with Crippen molar-refractivity contribution in [2.24, 2.45) is 10.9 Å². The van der Waals surface area contributed by atoms with E-state index in [0.29, 0.717) is 5.17 Å². The SMILES string of the molecule is CCN(CC)c1ccc(N2C(=NC(=O)C3CC3)S[C@@H]3CS(=O)(=O)C[C@@H]32)c(C)c1. The number of hydrogen-bond acceptors (Lipinski definition) is 5. The van der Waals surface area contributed by atoms with E-state index in [1.165, 1.54) is 11.8 Å². The van der Waals surface area contributed by atoms with Gasteiger partial charge in [-0.2, -0.15) is 4.99 Å². The minimum atomic E-state index is -3.06. The molecule has 2 aliphatic heterocycles. The van der Waals surface area contributed by atoms with E-state index >= 15 is 0 Å². The Morgan fingerprint density at radius 3 is 2.57 bits per heavy atom. The fourth-order valence-corrected chi connectivity index (χ4v) is 7.97. The standard InChI is InChI=1S/C20H27N3O3S2/c1-4-22(5-2)15-8-9-16(13(3)10-15)23-17-11-28(25,26)12-18(17)27-20(23)21-19(24)14-6-7-14/h8-10,14,17-18H,4-7,11-12H2,1-3H3/t17-,18+/m0/s1. The third kappa shape index (κ3) is 3.68. The van der Waals surface area contributed by atoms with Crippen LogP contribution in [-0.4, -0.2) is 55.4 Å². The number of thioether (sulfide) groups is 1. The van der Waals surface area contributed by atoms with Crippen molar-refractivity contribution in [2.75, 3.05) is 34.4 Å². The number of amidine groups is 1. The van der Waals surface area contributed by atoms with Gasteiger partial charge < -0.3 is 9.80 Å². The molecule has 0 N–H and O–H groups in total. The Kier molecular flexibility index (Phi) is 5.20. The van der Waals surface area contributed by atoms with E-state index in [-0.39, 0.29) is 34.6 Å². The van der Waals surface area contributed by atoms with Crippen LogP contribution in [0.15, 0.2) is 23.2 Å². The Hall–Kier alpha value is -1.54. The Morgan fingerprint density at radius 2 is 1.96 bits per heavy atom. The van der Waals surface area contributed by atoms with Crippen LogP contribution < -0.4 is 9.80 Å². The average molecular weight is 422 g/mol. The molecule has 0 aromatic heterocycles. The summed E-state index contributed by atoms with van der Waals surface area (Å²) in [5.41, 5.74) is 3.18. The first kappa shape index (κ1) is 19.8. The zero-order valence-electron chi connectivity index (χ0n) is 16.6. The predicted octanol–water partition coefficient (Wildman–Crippen LogP) is 2.85.